The van der Waals surface area contributed by atoms with Crippen LogP contribution >= 0.6 is 11.6 Å². The van der Waals surface area contributed by atoms with E-state index in [0.29, 0.717) is 17.0 Å². The predicted molar refractivity (Wildman–Crippen MR) is 122 cm³/mol. The number of amides is 1. The van der Waals surface area contributed by atoms with Gasteiger partial charge >= 0.3 is 0 Å². The van der Waals surface area contributed by atoms with Crippen molar-refractivity contribution >= 4 is 34.0 Å². The highest BCUT2D eigenvalue weighted by atomic mass is 35.5. The number of carbonyl (C=O) groups excluding carboxylic acids is 1. The number of benzene rings is 4. The van der Waals surface area contributed by atoms with Gasteiger partial charge in [-0.05, 0) is 46.2 Å². The Morgan fingerprint density at radius 2 is 1.53 bits per heavy atom. The van der Waals surface area contributed by atoms with Crippen LogP contribution in [-0.4, -0.2) is 16.6 Å². The third kappa shape index (κ3) is 3.38. The van der Waals surface area contributed by atoms with Gasteiger partial charge in [0, 0.05) is 17.0 Å². The van der Waals surface area contributed by atoms with E-state index in [0.717, 1.165) is 27.6 Å². The van der Waals surface area contributed by atoms with Crippen LogP contribution in [0.2, 0.25) is 5.02 Å². The highest BCUT2D eigenvalue weighted by Crippen LogP contribution is 2.37. The minimum absolute atomic E-state index is 0.129. The van der Waals surface area contributed by atoms with Crippen molar-refractivity contribution in [2.75, 3.05) is 0 Å². The van der Waals surface area contributed by atoms with Crippen LogP contribution in [0.25, 0.3) is 10.8 Å². The van der Waals surface area contributed by atoms with E-state index >= 15 is 0 Å². The molecule has 0 fully saturated rings. The minimum atomic E-state index is -0.172. The van der Waals surface area contributed by atoms with Crippen LogP contribution < -0.4 is 0 Å². The van der Waals surface area contributed by atoms with E-state index in [1.807, 2.05) is 48.5 Å². The number of fused-ring (bicyclic) bond motifs is 1. The van der Waals surface area contributed by atoms with E-state index in [2.05, 4.69) is 24.3 Å². The third-order valence-electron chi connectivity index (χ3n) is 5.50. The molecule has 30 heavy (non-hydrogen) atoms. The Kier molecular flexibility index (Phi) is 4.82. The molecule has 0 N–H and O–H groups in total. The van der Waals surface area contributed by atoms with Gasteiger partial charge in [0.1, 0.15) is 0 Å². The minimum Gasteiger partial charge on any atom is -0.267 e. The lowest BCUT2D eigenvalue weighted by molar-refractivity contribution is 0.0712. The molecular formula is C26H19ClN2O. The fraction of sp³-hybridized carbons (Fsp3) is 0.0769. The number of rotatable bonds is 3. The van der Waals surface area contributed by atoms with Crippen molar-refractivity contribution in [1.29, 1.82) is 0 Å². The predicted octanol–water partition coefficient (Wildman–Crippen LogP) is 6.48. The van der Waals surface area contributed by atoms with E-state index in [-0.39, 0.29) is 11.9 Å². The number of hydrazone groups is 1. The molecule has 0 radical (unpaired) electrons. The quantitative estimate of drug-likeness (QED) is 0.380. The zero-order chi connectivity index (χ0) is 20.5. The Labute approximate surface area is 180 Å². The van der Waals surface area contributed by atoms with Gasteiger partial charge in [-0.25, -0.2) is 5.01 Å². The smallest absolute Gasteiger partial charge is 0.267 e. The molecule has 1 atom stereocenters. The average molecular weight is 411 g/mol. The summed E-state index contributed by atoms with van der Waals surface area (Å²) in [7, 11) is 0. The van der Waals surface area contributed by atoms with Crippen molar-refractivity contribution in [2.45, 2.75) is 12.5 Å². The first-order valence-electron chi connectivity index (χ1n) is 9.90. The summed E-state index contributed by atoms with van der Waals surface area (Å²) >= 11 is 6.02. The largest absolute Gasteiger partial charge is 0.274 e. The van der Waals surface area contributed by atoms with Crippen LogP contribution in [0.1, 0.15) is 33.9 Å². The monoisotopic (exact) mass is 410 g/mol. The maximum Gasteiger partial charge on any atom is 0.274 e. The highest BCUT2D eigenvalue weighted by Gasteiger charge is 2.34. The molecule has 1 unspecified atom stereocenters. The van der Waals surface area contributed by atoms with Crippen LogP contribution in [0.5, 0.6) is 0 Å². The first-order chi connectivity index (χ1) is 14.7. The second kappa shape index (κ2) is 7.77. The number of halogens is 1. The maximum atomic E-state index is 13.4. The lowest BCUT2D eigenvalue weighted by Gasteiger charge is -2.23. The Morgan fingerprint density at radius 3 is 2.33 bits per heavy atom. The zero-order valence-electron chi connectivity index (χ0n) is 16.2. The Hall–Kier alpha value is -3.43. The fourth-order valence-electron chi connectivity index (χ4n) is 4.01. The van der Waals surface area contributed by atoms with Crippen molar-refractivity contribution in [3.8, 4) is 0 Å². The molecule has 1 aliphatic rings. The first-order valence-corrected chi connectivity index (χ1v) is 10.3. The summed E-state index contributed by atoms with van der Waals surface area (Å²) in [6, 6.07) is 31.4. The average Bonchev–Trinajstić information content (AvgIpc) is 3.24. The van der Waals surface area contributed by atoms with E-state index in [1.165, 1.54) is 0 Å². The van der Waals surface area contributed by atoms with Crippen molar-refractivity contribution in [2.24, 2.45) is 5.10 Å². The van der Waals surface area contributed by atoms with E-state index in [9.17, 15) is 4.79 Å². The second-order valence-corrected chi connectivity index (χ2v) is 7.79. The van der Waals surface area contributed by atoms with E-state index < -0.39 is 0 Å². The molecule has 0 bridgehead atoms. The molecule has 0 aliphatic carbocycles. The topological polar surface area (TPSA) is 32.7 Å². The van der Waals surface area contributed by atoms with Gasteiger partial charge in [0.2, 0.25) is 0 Å². The molecule has 0 spiro atoms. The number of hydrogen-bond acceptors (Lipinski definition) is 2. The summed E-state index contributed by atoms with van der Waals surface area (Å²) in [5.74, 6) is -0.129. The van der Waals surface area contributed by atoms with Gasteiger partial charge in [-0.15, -0.1) is 0 Å². The van der Waals surface area contributed by atoms with Crippen molar-refractivity contribution in [3.05, 3.63) is 119 Å². The summed E-state index contributed by atoms with van der Waals surface area (Å²) in [4.78, 5) is 13.4. The van der Waals surface area contributed by atoms with Gasteiger partial charge in [-0.1, -0.05) is 84.4 Å². The normalized spacial score (nSPS) is 16.0. The summed E-state index contributed by atoms with van der Waals surface area (Å²) in [6.45, 7) is 0. The second-order valence-electron chi connectivity index (χ2n) is 7.36. The van der Waals surface area contributed by atoms with Gasteiger partial charge < -0.3 is 0 Å². The molecule has 4 aromatic rings. The maximum absolute atomic E-state index is 13.4. The van der Waals surface area contributed by atoms with Crippen molar-refractivity contribution in [3.63, 3.8) is 0 Å². The Balaban J connectivity index is 1.61. The summed E-state index contributed by atoms with van der Waals surface area (Å²) in [5, 5.41) is 9.32. The molecule has 0 saturated heterocycles. The Morgan fingerprint density at radius 1 is 0.833 bits per heavy atom. The molecule has 5 rings (SSSR count). The standard InChI is InChI=1S/C26H19ClN2O/c27-21-15-13-20(14-16-21)26(30)29-25(17-24(28-29)19-8-2-1-3-9-19)23-12-6-10-18-7-4-5-11-22(18)23/h1-16,25H,17H2. The lowest BCUT2D eigenvalue weighted by Crippen LogP contribution is -2.27. The van der Waals surface area contributed by atoms with Gasteiger partial charge in [-0.3, -0.25) is 4.79 Å². The summed E-state index contributed by atoms with van der Waals surface area (Å²) in [6.07, 6.45) is 0.664. The van der Waals surface area contributed by atoms with Crippen LogP contribution in [0.15, 0.2) is 102 Å². The number of nitrogens with zero attached hydrogens (tertiary/aromatic N) is 2. The molecule has 0 aromatic heterocycles. The fourth-order valence-corrected chi connectivity index (χ4v) is 4.14. The highest BCUT2D eigenvalue weighted by molar-refractivity contribution is 6.30. The van der Waals surface area contributed by atoms with Gasteiger partial charge in [-0.2, -0.15) is 5.10 Å². The summed E-state index contributed by atoms with van der Waals surface area (Å²) in [5.41, 5.74) is 3.62. The lowest BCUT2D eigenvalue weighted by atomic mass is 9.94. The molecular weight excluding hydrogens is 392 g/mol. The SMILES string of the molecule is O=C(c1ccc(Cl)cc1)N1N=C(c2ccccc2)CC1c1cccc2ccccc12. The molecule has 1 heterocycles. The van der Waals surface area contributed by atoms with E-state index in [1.54, 1.807) is 29.3 Å². The molecule has 1 amide bonds. The molecule has 4 aromatic carbocycles. The summed E-state index contributed by atoms with van der Waals surface area (Å²) < 4.78 is 0. The zero-order valence-corrected chi connectivity index (χ0v) is 17.0. The van der Waals surface area contributed by atoms with Crippen LogP contribution in [-0.2, 0) is 0 Å². The van der Waals surface area contributed by atoms with Crippen molar-refractivity contribution < 1.29 is 4.79 Å². The van der Waals surface area contributed by atoms with Crippen LogP contribution in [0, 0.1) is 0 Å². The number of hydrogen-bond donors (Lipinski definition) is 0. The van der Waals surface area contributed by atoms with Crippen molar-refractivity contribution in [1.82, 2.24) is 5.01 Å². The van der Waals surface area contributed by atoms with Gasteiger partial charge in [0.15, 0.2) is 0 Å². The molecule has 146 valence electrons. The van der Waals surface area contributed by atoms with Gasteiger partial charge in [0.25, 0.3) is 5.91 Å². The Bertz CT molecular complexity index is 1240. The third-order valence-corrected chi connectivity index (χ3v) is 5.75. The van der Waals surface area contributed by atoms with Crippen LogP contribution in [0.4, 0.5) is 0 Å². The molecule has 3 nitrogen and oxygen atoms in total. The first kappa shape index (κ1) is 18.6. The molecule has 1 aliphatic heterocycles. The van der Waals surface area contributed by atoms with Gasteiger partial charge in [0.05, 0.1) is 11.8 Å². The van der Waals surface area contributed by atoms with E-state index in [4.69, 9.17) is 16.7 Å². The van der Waals surface area contributed by atoms with Crippen LogP contribution in [0.3, 0.4) is 0 Å². The molecule has 0 saturated carbocycles. The number of carbonyl (C=O) groups is 1. The molecule has 4 heteroatoms.